The molecule has 1 aromatic heterocycles. The molecule has 138 valence electrons. The van der Waals surface area contributed by atoms with Gasteiger partial charge in [-0.25, -0.2) is 4.98 Å². The van der Waals surface area contributed by atoms with Gasteiger partial charge in [-0.15, -0.1) is 0 Å². The van der Waals surface area contributed by atoms with Crippen molar-refractivity contribution in [2.24, 2.45) is 0 Å². The molecule has 1 amide bonds. The average Bonchev–Trinajstić information content (AvgIpc) is 3.22. The van der Waals surface area contributed by atoms with Crippen LogP contribution in [0.2, 0.25) is 0 Å². The van der Waals surface area contributed by atoms with Crippen molar-refractivity contribution < 1.29 is 4.79 Å². The number of fused-ring (bicyclic) bond motifs is 1. The molecular formula is C23H25N3O. The van der Waals surface area contributed by atoms with Crippen molar-refractivity contribution in [2.75, 3.05) is 11.4 Å². The van der Waals surface area contributed by atoms with Crippen LogP contribution in [0.25, 0.3) is 11.0 Å². The summed E-state index contributed by atoms with van der Waals surface area (Å²) in [5, 5.41) is 0. The summed E-state index contributed by atoms with van der Waals surface area (Å²) in [6.45, 7) is 9.64. The van der Waals surface area contributed by atoms with E-state index in [1.165, 1.54) is 5.56 Å². The van der Waals surface area contributed by atoms with E-state index in [2.05, 4.69) is 36.3 Å². The van der Waals surface area contributed by atoms with Gasteiger partial charge in [-0.05, 0) is 37.1 Å². The molecule has 27 heavy (non-hydrogen) atoms. The highest BCUT2D eigenvalue weighted by atomic mass is 16.2. The van der Waals surface area contributed by atoms with Crippen LogP contribution in [0.1, 0.15) is 37.6 Å². The van der Waals surface area contributed by atoms with Gasteiger partial charge in [-0.3, -0.25) is 4.79 Å². The third-order valence-corrected chi connectivity index (χ3v) is 5.27. The standard InChI is InChI=1S/C23H25N3O/c1-4-17-9-5-7-11-20(17)25-15-18(13-22(25)27)23-24-19-10-6-8-12-21(19)26(23)14-16(2)3/h5-12,18H,2,4,13-15H2,1,3H3/t18-/m1/s1. The van der Waals surface area contributed by atoms with E-state index in [0.717, 1.165) is 41.1 Å². The number of rotatable bonds is 5. The van der Waals surface area contributed by atoms with E-state index in [4.69, 9.17) is 4.98 Å². The quantitative estimate of drug-likeness (QED) is 0.620. The monoisotopic (exact) mass is 359 g/mol. The molecule has 0 saturated carbocycles. The summed E-state index contributed by atoms with van der Waals surface area (Å²) >= 11 is 0. The zero-order chi connectivity index (χ0) is 19.0. The number of aromatic nitrogens is 2. The van der Waals surface area contributed by atoms with E-state index < -0.39 is 0 Å². The van der Waals surface area contributed by atoms with Gasteiger partial charge in [0.15, 0.2) is 0 Å². The summed E-state index contributed by atoms with van der Waals surface area (Å²) in [4.78, 5) is 19.7. The molecule has 3 aromatic rings. The van der Waals surface area contributed by atoms with E-state index >= 15 is 0 Å². The number of nitrogens with zero attached hydrogens (tertiary/aromatic N) is 3. The summed E-state index contributed by atoms with van der Waals surface area (Å²) in [5.41, 5.74) is 5.41. The fraction of sp³-hybridized carbons (Fsp3) is 0.304. The molecule has 4 heteroatoms. The Labute approximate surface area is 160 Å². The van der Waals surface area contributed by atoms with Gasteiger partial charge in [-0.1, -0.05) is 49.4 Å². The van der Waals surface area contributed by atoms with Gasteiger partial charge in [0.2, 0.25) is 5.91 Å². The maximum atomic E-state index is 12.8. The molecule has 0 radical (unpaired) electrons. The van der Waals surface area contributed by atoms with Gasteiger partial charge in [-0.2, -0.15) is 0 Å². The number of allylic oxidation sites excluding steroid dienone is 1. The number of imidazole rings is 1. The summed E-state index contributed by atoms with van der Waals surface area (Å²) in [7, 11) is 0. The van der Waals surface area contributed by atoms with Crippen LogP contribution in [-0.2, 0) is 17.8 Å². The van der Waals surface area contributed by atoms with Crippen molar-refractivity contribution in [2.45, 2.75) is 39.2 Å². The molecule has 2 heterocycles. The smallest absolute Gasteiger partial charge is 0.227 e. The first-order valence-electron chi connectivity index (χ1n) is 9.56. The lowest BCUT2D eigenvalue weighted by molar-refractivity contribution is -0.117. The Balaban J connectivity index is 1.73. The van der Waals surface area contributed by atoms with Crippen LogP contribution in [0.5, 0.6) is 0 Å². The van der Waals surface area contributed by atoms with E-state index in [1.807, 2.05) is 42.2 Å². The predicted molar refractivity (Wildman–Crippen MR) is 110 cm³/mol. The van der Waals surface area contributed by atoms with Crippen molar-refractivity contribution in [1.29, 1.82) is 0 Å². The van der Waals surface area contributed by atoms with Crippen LogP contribution in [0.4, 0.5) is 5.69 Å². The first kappa shape index (κ1) is 17.5. The molecule has 0 N–H and O–H groups in total. The van der Waals surface area contributed by atoms with E-state index in [0.29, 0.717) is 13.0 Å². The first-order valence-corrected chi connectivity index (χ1v) is 9.56. The average molecular weight is 359 g/mol. The minimum atomic E-state index is 0.0918. The zero-order valence-electron chi connectivity index (χ0n) is 16.0. The lowest BCUT2D eigenvalue weighted by Gasteiger charge is -2.20. The minimum absolute atomic E-state index is 0.0918. The van der Waals surface area contributed by atoms with Crippen molar-refractivity contribution in [1.82, 2.24) is 9.55 Å². The number of hydrogen-bond donors (Lipinski definition) is 0. The number of carbonyl (C=O) groups is 1. The van der Waals surface area contributed by atoms with Crippen LogP contribution in [0, 0.1) is 0 Å². The molecule has 4 rings (SSSR count). The predicted octanol–water partition coefficient (Wildman–Crippen LogP) is 4.70. The van der Waals surface area contributed by atoms with Gasteiger partial charge >= 0.3 is 0 Å². The van der Waals surface area contributed by atoms with Crippen molar-refractivity contribution in [3.8, 4) is 0 Å². The number of aryl methyl sites for hydroxylation is 1. The Morgan fingerprint density at radius 1 is 1.19 bits per heavy atom. The molecule has 4 nitrogen and oxygen atoms in total. The molecule has 0 unspecified atom stereocenters. The van der Waals surface area contributed by atoms with Crippen molar-refractivity contribution in [3.63, 3.8) is 0 Å². The summed E-state index contributed by atoms with van der Waals surface area (Å²) in [5.74, 6) is 1.26. The second-order valence-electron chi connectivity index (χ2n) is 7.39. The molecule has 0 spiro atoms. The molecule has 1 aliphatic heterocycles. The number of hydrogen-bond acceptors (Lipinski definition) is 2. The van der Waals surface area contributed by atoms with Gasteiger partial charge in [0.1, 0.15) is 5.82 Å². The lowest BCUT2D eigenvalue weighted by atomic mass is 10.1. The maximum absolute atomic E-state index is 12.8. The van der Waals surface area contributed by atoms with Crippen LogP contribution in [-0.4, -0.2) is 22.0 Å². The highest BCUT2D eigenvalue weighted by Gasteiger charge is 2.35. The highest BCUT2D eigenvalue weighted by molar-refractivity contribution is 5.97. The molecule has 1 atom stereocenters. The normalized spacial score (nSPS) is 17.0. The summed E-state index contributed by atoms with van der Waals surface area (Å²) in [6, 6.07) is 16.4. The summed E-state index contributed by atoms with van der Waals surface area (Å²) in [6.07, 6.45) is 1.41. The second kappa shape index (κ2) is 7.03. The van der Waals surface area contributed by atoms with E-state index in [9.17, 15) is 4.79 Å². The second-order valence-corrected chi connectivity index (χ2v) is 7.39. The van der Waals surface area contributed by atoms with Gasteiger partial charge in [0, 0.05) is 31.1 Å². The molecule has 0 bridgehead atoms. The van der Waals surface area contributed by atoms with Crippen LogP contribution < -0.4 is 4.90 Å². The number of benzene rings is 2. The number of para-hydroxylation sites is 3. The maximum Gasteiger partial charge on any atom is 0.227 e. The van der Waals surface area contributed by atoms with Gasteiger partial charge < -0.3 is 9.47 Å². The Morgan fingerprint density at radius 3 is 2.70 bits per heavy atom. The third-order valence-electron chi connectivity index (χ3n) is 5.27. The largest absolute Gasteiger partial charge is 0.324 e. The zero-order valence-corrected chi connectivity index (χ0v) is 16.0. The first-order chi connectivity index (χ1) is 13.1. The molecule has 1 fully saturated rings. The number of anilines is 1. The summed E-state index contributed by atoms with van der Waals surface area (Å²) < 4.78 is 2.23. The van der Waals surface area contributed by atoms with E-state index in [1.54, 1.807) is 0 Å². The topological polar surface area (TPSA) is 38.1 Å². The van der Waals surface area contributed by atoms with Crippen LogP contribution in [0.15, 0.2) is 60.7 Å². The Morgan fingerprint density at radius 2 is 1.93 bits per heavy atom. The Kier molecular flexibility index (Phi) is 4.56. The van der Waals surface area contributed by atoms with E-state index in [-0.39, 0.29) is 11.8 Å². The fourth-order valence-corrected chi connectivity index (χ4v) is 4.03. The van der Waals surface area contributed by atoms with Crippen LogP contribution in [0.3, 0.4) is 0 Å². The molecule has 1 saturated heterocycles. The van der Waals surface area contributed by atoms with Crippen molar-refractivity contribution in [3.05, 3.63) is 72.1 Å². The Bertz CT molecular complexity index is 1020. The minimum Gasteiger partial charge on any atom is -0.324 e. The number of carbonyl (C=O) groups excluding carboxylic acids is 1. The van der Waals surface area contributed by atoms with Gasteiger partial charge in [0.05, 0.1) is 11.0 Å². The number of amides is 1. The highest BCUT2D eigenvalue weighted by Crippen LogP contribution is 2.34. The SMILES string of the molecule is C=C(C)Cn1c([C@@H]2CC(=O)N(c3ccccc3CC)C2)nc2ccccc21. The van der Waals surface area contributed by atoms with Crippen LogP contribution >= 0.6 is 0 Å². The molecular weight excluding hydrogens is 334 g/mol. The molecule has 2 aromatic carbocycles. The van der Waals surface area contributed by atoms with Gasteiger partial charge in [0.25, 0.3) is 0 Å². The Hall–Kier alpha value is -2.88. The molecule has 1 aliphatic rings. The lowest BCUT2D eigenvalue weighted by Crippen LogP contribution is -2.25. The fourth-order valence-electron chi connectivity index (χ4n) is 4.03. The third kappa shape index (κ3) is 3.16. The molecule has 0 aliphatic carbocycles. The van der Waals surface area contributed by atoms with Crippen molar-refractivity contribution >= 4 is 22.6 Å².